The smallest absolute Gasteiger partial charge is 0.346 e. The summed E-state index contributed by atoms with van der Waals surface area (Å²) in [5.74, 6) is 1.22. The SMILES string of the molecule is CCN1CCC[C@@H]1CNCc1ccc(Oc2nnnn2-c2ccccc2)c(OC)c1. The molecule has 1 saturated heterocycles. The number of hydrogen-bond donors (Lipinski definition) is 1. The predicted octanol–water partition coefficient (Wildman–Crippen LogP) is 3.04. The number of ether oxygens (including phenoxy) is 2. The molecule has 1 N–H and O–H groups in total. The van der Waals surface area contributed by atoms with Gasteiger partial charge in [0.1, 0.15) is 0 Å². The maximum atomic E-state index is 5.97. The van der Waals surface area contributed by atoms with Crippen molar-refractivity contribution < 1.29 is 9.47 Å². The highest BCUT2D eigenvalue weighted by Crippen LogP contribution is 2.32. The van der Waals surface area contributed by atoms with E-state index in [4.69, 9.17) is 9.47 Å². The molecule has 4 rings (SSSR count). The van der Waals surface area contributed by atoms with Crippen molar-refractivity contribution in [2.24, 2.45) is 0 Å². The van der Waals surface area contributed by atoms with Crippen LogP contribution < -0.4 is 14.8 Å². The first-order valence-electron chi connectivity index (χ1n) is 10.4. The lowest BCUT2D eigenvalue weighted by molar-refractivity contribution is 0.260. The van der Waals surface area contributed by atoms with Crippen LogP contribution in [0.3, 0.4) is 0 Å². The van der Waals surface area contributed by atoms with Crippen LogP contribution >= 0.6 is 0 Å². The Hall–Kier alpha value is -2.97. The standard InChI is InChI=1S/C22H28N6O2/c1-3-27-13-7-10-19(27)16-23-15-17-11-12-20(21(14-17)29-2)30-22-24-25-26-28(22)18-8-5-4-6-9-18/h4-6,8-9,11-12,14,19,23H,3,7,10,13,15-16H2,1-2H3/t19-/m1/s1. The van der Waals surface area contributed by atoms with Gasteiger partial charge in [0.2, 0.25) is 0 Å². The van der Waals surface area contributed by atoms with Gasteiger partial charge in [-0.15, -0.1) is 0 Å². The van der Waals surface area contributed by atoms with E-state index in [2.05, 4.69) is 32.7 Å². The third kappa shape index (κ3) is 4.60. The Balaban J connectivity index is 1.41. The lowest BCUT2D eigenvalue weighted by Gasteiger charge is -2.23. The van der Waals surface area contributed by atoms with Gasteiger partial charge in [-0.05, 0) is 66.2 Å². The van der Waals surface area contributed by atoms with E-state index < -0.39 is 0 Å². The number of rotatable bonds is 9. The van der Waals surface area contributed by atoms with Gasteiger partial charge < -0.3 is 14.8 Å². The molecule has 2 aromatic carbocycles. The Morgan fingerprint density at radius 1 is 1.13 bits per heavy atom. The van der Waals surface area contributed by atoms with Crippen molar-refractivity contribution >= 4 is 0 Å². The Bertz CT molecular complexity index is 946. The normalized spacial score (nSPS) is 16.7. The summed E-state index contributed by atoms with van der Waals surface area (Å²) >= 11 is 0. The van der Waals surface area contributed by atoms with E-state index >= 15 is 0 Å². The zero-order valence-electron chi connectivity index (χ0n) is 17.5. The second-order valence-corrected chi connectivity index (χ2v) is 7.35. The van der Waals surface area contributed by atoms with Gasteiger partial charge in [-0.1, -0.05) is 36.3 Å². The molecule has 0 saturated carbocycles. The molecule has 0 spiro atoms. The Labute approximate surface area is 176 Å². The van der Waals surface area contributed by atoms with Crippen LogP contribution in [0.1, 0.15) is 25.3 Å². The number of benzene rings is 2. The minimum absolute atomic E-state index is 0.284. The van der Waals surface area contributed by atoms with Gasteiger partial charge in [0.25, 0.3) is 0 Å². The zero-order chi connectivity index (χ0) is 20.8. The third-order valence-electron chi connectivity index (χ3n) is 5.49. The summed E-state index contributed by atoms with van der Waals surface area (Å²) in [6.45, 7) is 6.35. The maximum Gasteiger partial charge on any atom is 0.346 e. The van der Waals surface area contributed by atoms with Gasteiger partial charge in [-0.25, -0.2) is 0 Å². The number of tetrazole rings is 1. The summed E-state index contributed by atoms with van der Waals surface area (Å²) in [7, 11) is 1.64. The molecule has 0 unspecified atom stereocenters. The van der Waals surface area contributed by atoms with E-state index in [0.29, 0.717) is 17.5 Å². The van der Waals surface area contributed by atoms with Crippen LogP contribution in [0.4, 0.5) is 0 Å². The summed E-state index contributed by atoms with van der Waals surface area (Å²) in [4.78, 5) is 2.54. The number of likely N-dealkylation sites (N-methyl/N-ethyl adjacent to an activating group) is 1. The summed E-state index contributed by atoms with van der Waals surface area (Å²) < 4.78 is 13.1. The number of nitrogens with zero attached hydrogens (tertiary/aromatic N) is 5. The van der Waals surface area contributed by atoms with Crippen LogP contribution in [0, 0.1) is 0 Å². The van der Waals surface area contributed by atoms with Crippen molar-refractivity contribution in [3.8, 4) is 23.2 Å². The largest absolute Gasteiger partial charge is 0.493 e. The van der Waals surface area contributed by atoms with Crippen LogP contribution in [0.5, 0.6) is 17.5 Å². The minimum atomic E-state index is 0.284. The van der Waals surface area contributed by atoms with Crippen LogP contribution in [0.25, 0.3) is 5.69 Å². The summed E-state index contributed by atoms with van der Waals surface area (Å²) in [6, 6.07) is 16.5. The predicted molar refractivity (Wildman–Crippen MR) is 114 cm³/mol. The third-order valence-corrected chi connectivity index (χ3v) is 5.49. The molecule has 1 aliphatic rings. The van der Waals surface area contributed by atoms with E-state index in [0.717, 1.165) is 30.9 Å². The lowest BCUT2D eigenvalue weighted by Crippen LogP contribution is -2.37. The topological polar surface area (TPSA) is 77.3 Å². The molecule has 0 aliphatic carbocycles. The number of aromatic nitrogens is 4. The first-order valence-corrected chi connectivity index (χ1v) is 10.4. The molecule has 1 fully saturated rings. The highest BCUT2D eigenvalue weighted by molar-refractivity contribution is 5.44. The van der Waals surface area contributed by atoms with Gasteiger partial charge >= 0.3 is 6.01 Å². The molecule has 0 radical (unpaired) electrons. The fraction of sp³-hybridized carbons (Fsp3) is 0.409. The minimum Gasteiger partial charge on any atom is -0.493 e. The van der Waals surface area contributed by atoms with Crippen LogP contribution in [0.2, 0.25) is 0 Å². The highest BCUT2D eigenvalue weighted by atomic mass is 16.5. The van der Waals surface area contributed by atoms with E-state index in [1.165, 1.54) is 19.4 Å². The monoisotopic (exact) mass is 408 g/mol. The fourth-order valence-electron chi connectivity index (χ4n) is 3.90. The maximum absolute atomic E-state index is 5.97. The molecule has 8 nitrogen and oxygen atoms in total. The Morgan fingerprint density at radius 3 is 2.80 bits per heavy atom. The number of methoxy groups -OCH3 is 1. The van der Waals surface area contributed by atoms with E-state index in [1.807, 2.05) is 48.5 Å². The van der Waals surface area contributed by atoms with Crippen LogP contribution in [-0.4, -0.2) is 57.9 Å². The molecule has 1 aliphatic heterocycles. The molecule has 8 heteroatoms. The Kier molecular flexibility index (Phi) is 6.56. The van der Waals surface area contributed by atoms with Crippen molar-refractivity contribution in [3.05, 3.63) is 54.1 Å². The number of para-hydroxylation sites is 1. The summed E-state index contributed by atoms with van der Waals surface area (Å²) in [6.07, 6.45) is 2.57. The van der Waals surface area contributed by atoms with E-state index in [1.54, 1.807) is 11.8 Å². The second kappa shape index (κ2) is 9.69. The van der Waals surface area contributed by atoms with Crippen molar-refractivity contribution in [1.29, 1.82) is 0 Å². The molecule has 158 valence electrons. The molecule has 0 bridgehead atoms. The van der Waals surface area contributed by atoms with Crippen LogP contribution in [0.15, 0.2) is 48.5 Å². The molecular weight excluding hydrogens is 380 g/mol. The Morgan fingerprint density at radius 2 is 2.00 bits per heavy atom. The second-order valence-electron chi connectivity index (χ2n) is 7.35. The molecule has 30 heavy (non-hydrogen) atoms. The molecule has 0 amide bonds. The molecule has 1 aromatic heterocycles. The average molecular weight is 409 g/mol. The number of likely N-dealkylation sites (tertiary alicyclic amines) is 1. The first-order chi connectivity index (χ1) is 14.8. The van der Waals surface area contributed by atoms with Gasteiger partial charge in [-0.3, -0.25) is 4.90 Å². The highest BCUT2D eigenvalue weighted by Gasteiger charge is 2.22. The van der Waals surface area contributed by atoms with Crippen molar-refractivity contribution in [2.75, 3.05) is 26.7 Å². The van der Waals surface area contributed by atoms with Crippen molar-refractivity contribution in [2.45, 2.75) is 32.4 Å². The summed E-state index contributed by atoms with van der Waals surface area (Å²) in [5.41, 5.74) is 1.97. The lowest BCUT2D eigenvalue weighted by atomic mass is 10.2. The molecule has 1 atom stereocenters. The van der Waals surface area contributed by atoms with Crippen molar-refractivity contribution in [3.63, 3.8) is 0 Å². The molecular formula is C22H28N6O2. The molecule has 2 heterocycles. The average Bonchev–Trinajstić information content (AvgIpc) is 3.44. The van der Waals surface area contributed by atoms with Gasteiger partial charge in [-0.2, -0.15) is 4.68 Å². The van der Waals surface area contributed by atoms with E-state index in [-0.39, 0.29) is 6.01 Å². The zero-order valence-corrected chi connectivity index (χ0v) is 17.5. The van der Waals surface area contributed by atoms with Gasteiger partial charge in [0, 0.05) is 19.1 Å². The van der Waals surface area contributed by atoms with Crippen LogP contribution in [-0.2, 0) is 6.54 Å². The van der Waals surface area contributed by atoms with Gasteiger partial charge in [0.15, 0.2) is 11.5 Å². The van der Waals surface area contributed by atoms with Crippen molar-refractivity contribution in [1.82, 2.24) is 30.4 Å². The fourth-order valence-corrected chi connectivity index (χ4v) is 3.90. The quantitative estimate of drug-likeness (QED) is 0.583. The van der Waals surface area contributed by atoms with Gasteiger partial charge in [0.05, 0.1) is 12.8 Å². The number of hydrogen-bond acceptors (Lipinski definition) is 7. The van der Waals surface area contributed by atoms with E-state index in [9.17, 15) is 0 Å². The summed E-state index contributed by atoms with van der Waals surface area (Å²) in [5, 5.41) is 15.3. The first kappa shape index (κ1) is 20.3. The number of nitrogens with one attached hydrogen (secondary N) is 1. The molecule has 3 aromatic rings.